The third kappa shape index (κ3) is 4.15. The van der Waals surface area contributed by atoms with Gasteiger partial charge in [0.15, 0.2) is 11.5 Å². The first-order valence-corrected chi connectivity index (χ1v) is 10.1. The molecular formula is C23H24F2N2O4. The highest BCUT2D eigenvalue weighted by molar-refractivity contribution is 5.98. The quantitative estimate of drug-likeness (QED) is 0.610. The number of rotatable bonds is 6. The third-order valence-electron chi connectivity index (χ3n) is 5.78. The number of amides is 1. The zero-order chi connectivity index (χ0) is 22.0. The van der Waals surface area contributed by atoms with Crippen molar-refractivity contribution in [2.45, 2.75) is 25.4 Å². The van der Waals surface area contributed by atoms with Gasteiger partial charge in [-0.05, 0) is 54.7 Å². The summed E-state index contributed by atoms with van der Waals surface area (Å²) in [4.78, 5) is 18.1. The lowest BCUT2D eigenvalue weighted by Gasteiger charge is -2.32. The van der Waals surface area contributed by atoms with Crippen LogP contribution in [0.25, 0.3) is 10.9 Å². The highest BCUT2D eigenvalue weighted by Crippen LogP contribution is 2.37. The molecule has 1 aromatic heterocycles. The Labute approximate surface area is 178 Å². The maximum atomic E-state index is 13.1. The van der Waals surface area contributed by atoms with Crippen LogP contribution in [0.4, 0.5) is 8.78 Å². The summed E-state index contributed by atoms with van der Waals surface area (Å²) in [5.74, 6) is 0.621. The van der Waals surface area contributed by atoms with Crippen molar-refractivity contribution in [3.8, 4) is 17.2 Å². The van der Waals surface area contributed by atoms with Crippen molar-refractivity contribution in [1.29, 1.82) is 0 Å². The summed E-state index contributed by atoms with van der Waals surface area (Å²) in [6.07, 6.45) is 3.55. The average molecular weight is 430 g/mol. The van der Waals surface area contributed by atoms with Gasteiger partial charge in [0.2, 0.25) is 0 Å². The van der Waals surface area contributed by atoms with Crippen LogP contribution < -0.4 is 14.2 Å². The number of carbonyl (C=O) groups excluding carboxylic acids is 1. The van der Waals surface area contributed by atoms with Crippen LogP contribution in [0.1, 0.15) is 34.7 Å². The Kier molecular flexibility index (Phi) is 5.97. The van der Waals surface area contributed by atoms with Crippen molar-refractivity contribution >= 4 is 16.8 Å². The molecule has 6 nitrogen and oxygen atoms in total. The van der Waals surface area contributed by atoms with Crippen molar-refractivity contribution in [2.75, 3.05) is 27.3 Å². The number of benzene rings is 2. The summed E-state index contributed by atoms with van der Waals surface area (Å²) in [6.45, 7) is -2.01. The number of H-pyrrole nitrogens is 1. The number of fused-ring (bicyclic) bond motifs is 1. The molecule has 0 unspecified atom stereocenters. The molecule has 1 N–H and O–H groups in total. The fraction of sp³-hybridized carbons (Fsp3) is 0.348. The molecule has 0 atom stereocenters. The number of aromatic amines is 1. The molecule has 164 valence electrons. The number of halogens is 2. The Balaban J connectivity index is 1.51. The number of nitrogens with one attached hydrogen (secondary N) is 1. The van der Waals surface area contributed by atoms with E-state index < -0.39 is 6.61 Å². The van der Waals surface area contributed by atoms with Gasteiger partial charge < -0.3 is 24.1 Å². The molecular weight excluding hydrogens is 406 g/mol. The van der Waals surface area contributed by atoms with Crippen molar-refractivity contribution in [3.05, 3.63) is 53.7 Å². The Hall–Kier alpha value is -3.29. The SMILES string of the molecule is COc1ccc2[nH]cc(C3CCN(C(=O)c4cccc(OC)c4OC(F)F)CC3)c2c1. The van der Waals surface area contributed by atoms with Crippen molar-refractivity contribution in [2.24, 2.45) is 0 Å². The summed E-state index contributed by atoms with van der Waals surface area (Å²) >= 11 is 0. The Morgan fingerprint density at radius 3 is 2.58 bits per heavy atom. The molecule has 1 aliphatic heterocycles. The maximum absolute atomic E-state index is 13.1. The zero-order valence-electron chi connectivity index (χ0n) is 17.4. The van der Waals surface area contributed by atoms with Gasteiger partial charge in [-0.2, -0.15) is 8.78 Å². The monoisotopic (exact) mass is 430 g/mol. The van der Waals surface area contributed by atoms with Crippen LogP contribution in [0.5, 0.6) is 17.2 Å². The number of alkyl halides is 2. The van der Waals surface area contributed by atoms with Gasteiger partial charge >= 0.3 is 6.61 Å². The molecule has 2 heterocycles. The molecule has 0 radical (unpaired) electrons. The second kappa shape index (κ2) is 8.83. The van der Waals surface area contributed by atoms with Crippen LogP contribution >= 0.6 is 0 Å². The van der Waals surface area contributed by atoms with Crippen LogP contribution in [0.3, 0.4) is 0 Å². The van der Waals surface area contributed by atoms with E-state index in [2.05, 4.69) is 9.72 Å². The highest BCUT2D eigenvalue weighted by Gasteiger charge is 2.29. The standard InChI is InChI=1S/C23H24F2N2O4/c1-29-15-6-7-19-17(12-15)18(13-26-19)14-8-10-27(11-9-14)22(28)16-4-3-5-20(30-2)21(16)31-23(24)25/h3-7,12-14,23,26H,8-11H2,1-2H3. The summed E-state index contributed by atoms with van der Waals surface area (Å²) < 4.78 is 40.9. The number of methoxy groups -OCH3 is 2. The largest absolute Gasteiger partial charge is 0.497 e. The summed E-state index contributed by atoms with van der Waals surface area (Å²) in [7, 11) is 2.99. The lowest BCUT2D eigenvalue weighted by atomic mass is 9.89. The smallest absolute Gasteiger partial charge is 0.387 e. The topological polar surface area (TPSA) is 63.8 Å². The normalized spacial score (nSPS) is 14.8. The second-order valence-corrected chi connectivity index (χ2v) is 7.44. The number of aromatic nitrogens is 1. The van der Waals surface area contributed by atoms with Crippen molar-refractivity contribution < 1.29 is 27.8 Å². The molecule has 1 amide bonds. The predicted molar refractivity (Wildman–Crippen MR) is 112 cm³/mol. The molecule has 31 heavy (non-hydrogen) atoms. The third-order valence-corrected chi connectivity index (χ3v) is 5.78. The Morgan fingerprint density at radius 1 is 1.13 bits per heavy atom. The minimum Gasteiger partial charge on any atom is -0.497 e. The molecule has 4 rings (SSSR count). The van der Waals surface area contributed by atoms with Crippen molar-refractivity contribution in [1.82, 2.24) is 9.88 Å². The van der Waals surface area contributed by atoms with E-state index in [1.165, 1.54) is 24.8 Å². The number of hydrogen-bond donors (Lipinski definition) is 1. The average Bonchev–Trinajstić information content (AvgIpc) is 3.21. The van der Waals surface area contributed by atoms with Gasteiger partial charge in [0.1, 0.15) is 5.75 Å². The van der Waals surface area contributed by atoms with Crippen LogP contribution in [0.2, 0.25) is 0 Å². The van der Waals surface area contributed by atoms with Crippen molar-refractivity contribution in [3.63, 3.8) is 0 Å². The lowest BCUT2D eigenvalue weighted by Crippen LogP contribution is -2.38. The predicted octanol–water partition coefficient (Wildman–Crippen LogP) is 4.81. The first-order valence-electron chi connectivity index (χ1n) is 10.1. The van der Waals surface area contributed by atoms with Gasteiger partial charge in [-0.1, -0.05) is 6.07 Å². The number of likely N-dealkylation sites (tertiary alicyclic amines) is 1. The van der Waals surface area contributed by atoms with Crippen LogP contribution in [0, 0.1) is 0 Å². The first-order chi connectivity index (χ1) is 15.0. The minimum absolute atomic E-state index is 0.0786. The van der Waals surface area contributed by atoms with Gasteiger partial charge in [-0.3, -0.25) is 4.79 Å². The number of carbonyl (C=O) groups is 1. The minimum atomic E-state index is -3.05. The van der Waals surface area contributed by atoms with E-state index in [0.29, 0.717) is 13.1 Å². The van der Waals surface area contributed by atoms with Gasteiger partial charge in [-0.25, -0.2) is 0 Å². The van der Waals surface area contributed by atoms with Gasteiger partial charge in [0, 0.05) is 30.2 Å². The van der Waals surface area contributed by atoms with E-state index in [4.69, 9.17) is 9.47 Å². The molecule has 0 aliphatic carbocycles. The summed E-state index contributed by atoms with van der Waals surface area (Å²) in [5.41, 5.74) is 2.32. The molecule has 0 bridgehead atoms. The molecule has 2 aromatic carbocycles. The van der Waals surface area contributed by atoms with Crippen LogP contribution in [-0.2, 0) is 0 Å². The molecule has 0 spiro atoms. The molecule has 8 heteroatoms. The number of hydrogen-bond acceptors (Lipinski definition) is 4. The number of ether oxygens (including phenoxy) is 3. The van der Waals surface area contributed by atoms with Gasteiger partial charge in [0.05, 0.1) is 19.8 Å². The molecule has 1 aliphatic rings. The highest BCUT2D eigenvalue weighted by atomic mass is 19.3. The van der Waals surface area contributed by atoms with Gasteiger partial charge in [-0.15, -0.1) is 0 Å². The molecule has 0 saturated carbocycles. The molecule has 1 saturated heterocycles. The van der Waals surface area contributed by atoms with E-state index in [9.17, 15) is 13.6 Å². The second-order valence-electron chi connectivity index (χ2n) is 7.44. The number of nitrogens with zero attached hydrogens (tertiary/aromatic N) is 1. The summed E-state index contributed by atoms with van der Waals surface area (Å²) in [6, 6.07) is 10.5. The Bertz CT molecular complexity index is 1070. The van der Waals surface area contributed by atoms with E-state index in [0.717, 1.165) is 29.5 Å². The van der Waals surface area contributed by atoms with E-state index in [1.54, 1.807) is 18.1 Å². The fourth-order valence-corrected chi connectivity index (χ4v) is 4.21. The fourth-order valence-electron chi connectivity index (χ4n) is 4.21. The molecule has 3 aromatic rings. The summed E-state index contributed by atoms with van der Waals surface area (Å²) in [5, 5.41) is 1.12. The molecule has 1 fully saturated rings. The van der Waals surface area contributed by atoms with Crippen LogP contribution in [0.15, 0.2) is 42.6 Å². The maximum Gasteiger partial charge on any atom is 0.387 e. The van der Waals surface area contributed by atoms with Gasteiger partial charge in [0.25, 0.3) is 5.91 Å². The van der Waals surface area contributed by atoms with E-state index in [1.807, 2.05) is 24.4 Å². The van der Waals surface area contributed by atoms with Crippen LogP contribution in [-0.4, -0.2) is 49.7 Å². The van der Waals surface area contributed by atoms with E-state index >= 15 is 0 Å². The Morgan fingerprint density at radius 2 is 1.90 bits per heavy atom. The first kappa shape index (κ1) is 21.0. The number of piperidine rings is 1. The number of para-hydroxylation sites is 1. The van der Waals surface area contributed by atoms with E-state index in [-0.39, 0.29) is 28.9 Å². The zero-order valence-corrected chi connectivity index (χ0v) is 17.4. The lowest BCUT2D eigenvalue weighted by molar-refractivity contribution is -0.0516.